The van der Waals surface area contributed by atoms with E-state index in [0.717, 1.165) is 35.2 Å². The highest BCUT2D eigenvalue weighted by Gasteiger charge is 2.12. The summed E-state index contributed by atoms with van der Waals surface area (Å²) >= 11 is 0. The second-order valence-electron chi connectivity index (χ2n) is 6.05. The molecule has 0 atom stereocenters. The molecule has 0 saturated heterocycles. The normalized spacial score (nSPS) is 10.9. The lowest BCUT2D eigenvalue weighted by atomic mass is 10.1. The summed E-state index contributed by atoms with van der Waals surface area (Å²) < 4.78 is 7.95. The molecule has 0 radical (unpaired) electrons. The fraction of sp³-hybridized carbons (Fsp3) is 0.286. The lowest BCUT2D eigenvalue weighted by molar-refractivity contribution is 0.0989. The van der Waals surface area contributed by atoms with E-state index in [2.05, 4.69) is 29.7 Å². The van der Waals surface area contributed by atoms with Crippen molar-refractivity contribution in [3.05, 3.63) is 65.9 Å². The van der Waals surface area contributed by atoms with Gasteiger partial charge in [-0.3, -0.25) is 4.79 Å². The van der Waals surface area contributed by atoms with Gasteiger partial charge in [0.05, 0.1) is 6.61 Å². The molecule has 0 saturated carbocycles. The molecule has 1 heterocycles. The Morgan fingerprint density at radius 3 is 2.58 bits per heavy atom. The Balaban J connectivity index is 1.67. The molecule has 0 aliphatic rings. The number of carbonyl (C=O) groups excluding carboxylic acids is 1. The maximum Gasteiger partial charge on any atom is 0.164 e. The largest absolute Gasteiger partial charge is 0.494 e. The third-order valence-corrected chi connectivity index (χ3v) is 4.24. The van der Waals surface area contributed by atoms with Crippen molar-refractivity contribution in [3.63, 3.8) is 0 Å². The summed E-state index contributed by atoms with van der Waals surface area (Å²) in [5, 5.41) is 1.05. The number of carbonyl (C=O) groups is 1. The van der Waals surface area contributed by atoms with Gasteiger partial charge in [0.15, 0.2) is 5.78 Å². The second kappa shape index (κ2) is 7.35. The van der Waals surface area contributed by atoms with Crippen LogP contribution >= 0.6 is 0 Å². The van der Waals surface area contributed by atoms with E-state index in [-0.39, 0.29) is 5.78 Å². The van der Waals surface area contributed by atoms with Crippen molar-refractivity contribution in [2.75, 3.05) is 6.61 Å². The van der Waals surface area contributed by atoms with Crippen LogP contribution in [0.15, 0.2) is 54.7 Å². The third-order valence-electron chi connectivity index (χ3n) is 4.24. The van der Waals surface area contributed by atoms with E-state index in [1.54, 1.807) is 0 Å². The van der Waals surface area contributed by atoms with Gasteiger partial charge in [0.2, 0.25) is 0 Å². The number of Topliss-reactive ketones (excluding diaryl/α,β-unsaturated/α-hetero) is 1. The number of ether oxygens (including phenoxy) is 1. The SMILES string of the molecule is CCC(=O)c1cn(CCCOc2ccc(C)cc2)c2ccccc12. The predicted octanol–water partition coefficient (Wildman–Crippen LogP) is 5.01. The van der Waals surface area contributed by atoms with Crippen LogP contribution in [0.2, 0.25) is 0 Å². The quantitative estimate of drug-likeness (QED) is 0.452. The average Bonchev–Trinajstić information content (AvgIpc) is 2.98. The summed E-state index contributed by atoms with van der Waals surface area (Å²) in [5.74, 6) is 1.10. The van der Waals surface area contributed by atoms with Crippen LogP contribution in [-0.2, 0) is 6.54 Å². The maximum atomic E-state index is 12.1. The number of benzene rings is 2. The van der Waals surface area contributed by atoms with E-state index in [1.807, 2.05) is 43.5 Å². The predicted molar refractivity (Wildman–Crippen MR) is 97.9 cm³/mol. The zero-order valence-electron chi connectivity index (χ0n) is 14.3. The number of fused-ring (bicyclic) bond motifs is 1. The van der Waals surface area contributed by atoms with Gasteiger partial charge in [-0.2, -0.15) is 0 Å². The number of hydrogen-bond acceptors (Lipinski definition) is 2. The van der Waals surface area contributed by atoms with Gasteiger partial charge in [0, 0.05) is 35.6 Å². The molecule has 0 aliphatic carbocycles. The molecule has 0 spiro atoms. The summed E-state index contributed by atoms with van der Waals surface area (Å²) in [4.78, 5) is 12.1. The molecule has 0 fully saturated rings. The van der Waals surface area contributed by atoms with Gasteiger partial charge in [-0.1, -0.05) is 42.8 Å². The Morgan fingerprint density at radius 2 is 1.83 bits per heavy atom. The molecule has 124 valence electrons. The standard InChI is InChI=1S/C21H23NO2/c1-3-21(23)19-15-22(20-8-5-4-7-18(19)20)13-6-14-24-17-11-9-16(2)10-12-17/h4-5,7-12,15H,3,6,13-14H2,1-2H3. The van der Waals surface area contributed by atoms with Crippen LogP contribution in [0.4, 0.5) is 0 Å². The van der Waals surface area contributed by atoms with Gasteiger partial charge in [0.1, 0.15) is 5.75 Å². The molecule has 0 bridgehead atoms. The molecule has 0 aliphatic heterocycles. The van der Waals surface area contributed by atoms with Gasteiger partial charge in [-0.25, -0.2) is 0 Å². The van der Waals surface area contributed by atoms with Crippen molar-refractivity contribution in [1.29, 1.82) is 0 Å². The lowest BCUT2D eigenvalue weighted by Crippen LogP contribution is -2.04. The molecule has 24 heavy (non-hydrogen) atoms. The van der Waals surface area contributed by atoms with Crippen LogP contribution < -0.4 is 4.74 Å². The maximum absolute atomic E-state index is 12.1. The highest BCUT2D eigenvalue weighted by atomic mass is 16.5. The number of aryl methyl sites for hydroxylation is 2. The van der Waals surface area contributed by atoms with Crippen molar-refractivity contribution in [1.82, 2.24) is 4.57 Å². The van der Waals surface area contributed by atoms with Gasteiger partial charge >= 0.3 is 0 Å². The summed E-state index contributed by atoms with van der Waals surface area (Å²) in [6, 6.07) is 16.2. The molecule has 3 heteroatoms. The number of aromatic nitrogens is 1. The molecular formula is C21H23NO2. The van der Waals surface area contributed by atoms with Gasteiger partial charge in [-0.15, -0.1) is 0 Å². The minimum absolute atomic E-state index is 0.195. The summed E-state index contributed by atoms with van der Waals surface area (Å²) in [6.45, 7) is 5.47. The van der Waals surface area contributed by atoms with E-state index in [1.165, 1.54) is 5.56 Å². The van der Waals surface area contributed by atoms with Crippen LogP contribution in [-0.4, -0.2) is 17.0 Å². The molecule has 0 amide bonds. The highest BCUT2D eigenvalue weighted by Crippen LogP contribution is 2.23. The van der Waals surface area contributed by atoms with Crippen molar-refractivity contribution < 1.29 is 9.53 Å². The Labute approximate surface area is 142 Å². The molecule has 0 unspecified atom stereocenters. The van der Waals surface area contributed by atoms with Crippen molar-refractivity contribution in [2.24, 2.45) is 0 Å². The topological polar surface area (TPSA) is 31.2 Å². The number of hydrogen-bond donors (Lipinski definition) is 0. The fourth-order valence-electron chi connectivity index (χ4n) is 2.90. The van der Waals surface area contributed by atoms with Crippen LogP contribution in [0, 0.1) is 6.92 Å². The van der Waals surface area contributed by atoms with E-state index in [0.29, 0.717) is 13.0 Å². The van der Waals surface area contributed by atoms with Crippen molar-refractivity contribution >= 4 is 16.7 Å². The van der Waals surface area contributed by atoms with Crippen LogP contribution in [0.25, 0.3) is 10.9 Å². The Bertz CT molecular complexity index is 831. The van der Waals surface area contributed by atoms with E-state index in [9.17, 15) is 4.79 Å². The first-order valence-electron chi connectivity index (χ1n) is 8.49. The Morgan fingerprint density at radius 1 is 1.08 bits per heavy atom. The third kappa shape index (κ3) is 3.51. The van der Waals surface area contributed by atoms with E-state index < -0.39 is 0 Å². The van der Waals surface area contributed by atoms with Gasteiger partial charge in [-0.05, 0) is 31.5 Å². The van der Waals surface area contributed by atoms with Crippen LogP contribution in [0.1, 0.15) is 35.7 Å². The Kier molecular flexibility index (Phi) is 4.99. The van der Waals surface area contributed by atoms with Crippen LogP contribution in [0.3, 0.4) is 0 Å². The lowest BCUT2D eigenvalue weighted by Gasteiger charge is -2.08. The average molecular weight is 321 g/mol. The number of rotatable bonds is 7. The molecule has 3 aromatic rings. The fourth-order valence-corrected chi connectivity index (χ4v) is 2.90. The van der Waals surface area contributed by atoms with Crippen molar-refractivity contribution in [3.8, 4) is 5.75 Å². The molecule has 0 N–H and O–H groups in total. The monoisotopic (exact) mass is 321 g/mol. The van der Waals surface area contributed by atoms with Gasteiger partial charge in [0.25, 0.3) is 0 Å². The first kappa shape index (κ1) is 16.3. The first-order chi connectivity index (χ1) is 11.7. The molecule has 3 nitrogen and oxygen atoms in total. The summed E-state index contributed by atoms with van der Waals surface area (Å²) in [5.41, 5.74) is 3.17. The molecule has 2 aromatic carbocycles. The van der Waals surface area contributed by atoms with Crippen molar-refractivity contribution in [2.45, 2.75) is 33.2 Å². The second-order valence-corrected chi connectivity index (χ2v) is 6.05. The molecule has 1 aromatic heterocycles. The zero-order chi connectivity index (χ0) is 16.9. The van der Waals surface area contributed by atoms with Gasteiger partial charge < -0.3 is 9.30 Å². The van der Waals surface area contributed by atoms with E-state index in [4.69, 9.17) is 4.74 Å². The number of para-hydroxylation sites is 1. The first-order valence-corrected chi connectivity index (χ1v) is 8.49. The zero-order valence-corrected chi connectivity index (χ0v) is 14.3. The Hall–Kier alpha value is -2.55. The molecule has 3 rings (SSSR count). The number of ketones is 1. The minimum Gasteiger partial charge on any atom is -0.494 e. The van der Waals surface area contributed by atoms with E-state index >= 15 is 0 Å². The highest BCUT2D eigenvalue weighted by molar-refractivity contribution is 6.07. The summed E-state index contributed by atoms with van der Waals surface area (Å²) in [6.07, 6.45) is 3.42. The van der Waals surface area contributed by atoms with Crippen LogP contribution in [0.5, 0.6) is 5.75 Å². The minimum atomic E-state index is 0.195. The smallest absolute Gasteiger partial charge is 0.164 e. The summed E-state index contributed by atoms with van der Waals surface area (Å²) in [7, 11) is 0. The number of nitrogens with zero attached hydrogens (tertiary/aromatic N) is 1. The molecular weight excluding hydrogens is 298 g/mol.